The maximum Gasteiger partial charge on any atom is 0.164 e. The summed E-state index contributed by atoms with van der Waals surface area (Å²) in [6, 6.07) is 52.4. The summed E-state index contributed by atoms with van der Waals surface area (Å²) < 4.78 is 0. The molecule has 1 N–H and O–H groups in total. The summed E-state index contributed by atoms with van der Waals surface area (Å²) in [4.78, 5) is 18.5. The summed E-state index contributed by atoms with van der Waals surface area (Å²) >= 11 is 0. The molecule has 0 fully saturated rings. The van der Waals surface area contributed by atoms with Crippen LogP contribution in [0.3, 0.4) is 0 Å². The second-order valence-corrected chi connectivity index (χ2v) is 10.6. The molecule has 0 unspecified atom stereocenters. The number of nitrogens with one attached hydrogen (secondary N) is 1. The molecule has 0 aliphatic rings. The van der Waals surface area contributed by atoms with E-state index in [1.807, 2.05) is 66.7 Å². The van der Waals surface area contributed by atoms with Crippen molar-refractivity contribution in [2.45, 2.75) is 0 Å². The molecule has 0 radical (unpaired) electrons. The highest BCUT2D eigenvalue weighted by atomic mass is 15.0. The lowest BCUT2D eigenvalue weighted by atomic mass is 9.95. The van der Waals surface area contributed by atoms with Crippen molar-refractivity contribution in [2.75, 3.05) is 0 Å². The molecule has 4 heteroatoms. The minimum Gasteiger partial charge on any atom is -0.355 e. The Morgan fingerprint density at radius 1 is 0.302 bits per heavy atom. The molecule has 0 saturated carbocycles. The molecule has 2 aromatic heterocycles. The second kappa shape index (κ2) is 10.5. The van der Waals surface area contributed by atoms with E-state index in [9.17, 15) is 0 Å². The van der Waals surface area contributed by atoms with Gasteiger partial charge in [0.15, 0.2) is 17.5 Å². The first-order valence-corrected chi connectivity index (χ1v) is 14.4. The molecule has 4 nitrogen and oxygen atoms in total. The lowest BCUT2D eigenvalue weighted by Gasteiger charge is -2.12. The quantitative estimate of drug-likeness (QED) is 0.232. The normalized spacial score (nSPS) is 11.3. The number of fused-ring (bicyclic) bond motifs is 3. The van der Waals surface area contributed by atoms with Gasteiger partial charge in [-0.05, 0) is 58.7 Å². The molecule has 43 heavy (non-hydrogen) atoms. The third kappa shape index (κ3) is 4.75. The lowest BCUT2D eigenvalue weighted by Crippen LogP contribution is -2.00. The average Bonchev–Trinajstić information content (AvgIpc) is 3.47. The van der Waals surface area contributed by atoms with Crippen molar-refractivity contribution in [1.82, 2.24) is 19.9 Å². The Hall–Kier alpha value is -5.87. The van der Waals surface area contributed by atoms with Gasteiger partial charge < -0.3 is 4.98 Å². The van der Waals surface area contributed by atoms with E-state index in [1.54, 1.807) is 0 Å². The highest BCUT2D eigenvalue weighted by Crippen LogP contribution is 2.35. The SMILES string of the molecule is c1ccc(-c2cc(-c3ccc4[nH]c5ccccc5c4c3)cc(-c3nc(-c4ccccc4)nc(-c4ccccc4)n3)c2)cc1. The summed E-state index contributed by atoms with van der Waals surface area (Å²) in [6.45, 7) is 0. The van der Waals surface area contributed by atoms with Gasteiger partial charge >= 0.3 is 0 Å². The molecule has 0 spiro atoms. The van der Waals surface area contributed by atoms with E-state index in [0.717, 1.165) is 50.0 Å². The number of hydrogen-bond donors (Lipinski definition) is 1. The predicted molar refractivity (Wildman–Crippen MR) is 176 cm³/mol. The molecule has 8 rings (SSSR count). The second-order valence-electron chi connectivity index (χ2n) is 10.6. The first-order valence-electron chi connectivity index (χ1n) is 14.4. The third-order valence-electron chi connectivity index (χ3n) is 7.84. The van der Waals surface area contributed by atoms with Crippen LogP contribution < -0.4 is 0 Å². The first kappa shape index (κ1) is 24.9. The lowest BCUT2D eigenvalue weighted by molar-refractivity contribution is 1.07. The number of para-hydroxylation sites is 1. The van der Waals surface area contributed by atoms with E-state index in [2.05, 4.69) is 89.9 Å². The first-order chi connectivity index (χ1) is 21.3. The average molecular weight is 551 g/mol. The van der Waals surface area contributed by atoms with E-state index < -0.39 is 0 Å². The number of hydrogen-bond acceptors (Lipinski definition) is 3. The van der Waals surface area contributed by atoms with Crippen LogP contribution in [0.2, 0.25) is 0 Å². The van der Waals surface area contributed by atoms with Crippen LogP contribution in [0.25, 0.3) is 78.2 Å². The van der Waals surface area contributed by atoms with Gasteiger partial charge in [-0.1, -0.05) is 115 Å². The van der Waals surface area contributed by atoms with Crippen molar-refractivity contribution >= 4 is 21.8 Å². The van der Waals surface area contributed by atoms with E-state index >= 15 is 0 Å². The fraction of sp³-hybridized carbons (Fsp3) is 0. The Kier molecular flexibility index (Phi) is 6.08. The van der Waals surface area contributed by atoms with Gasteiger partial charge in [0.2, 0.25) is 0 Å². The Morgan fingerprint density at radius 2 is 0.767 bits per heavy atom. The standard InChI is InChI=1S/C39H26N4/c1-4-12-26(13-5-1)30-22-31(29-20-21-36-34(25-29)33-18-10-11-19-35(33)40-36)24-32(23-30)39-42-37(27-14-6-2-7-15-27)41-38(43-39)28-16-8-3-9-17-28/h1-25,40H. The van der Waals surface area contributed by atoms with Crippen LogP contribution in [0.4, 0.5) is 0 Å². The zero-order valence-corrected chi connectivity index (χ0v) is 23.3. The Morgan fingerprint density at radius 3 is 1.40 bits per heavy atom. The van der Waals surface area contributed by atoms with Gasteiger partial charge in [-0.3, -0.25) is 0 Å². The van der Waals surface area contributed by atoms with Crippen molar-refractivity contribution in [3.63, 3.8) is 0 Å². The molecular formula is C39H26N4. The molecule has 0 aliphatic carbocycles. The summed E-state index contributed by atoms with van der Waals surface area (Å²) in [5, 5.41) is 2.42. The molecule has 202 valence electrons. The van der Waals surface area contributed by atoms with E-state index in [4.69, 9.17) is 15.0 Å². The molecule has 6 aromatic carbocycles. The number of aromatic nitrogens is 4. The summed E-state index contributed by atoms with van der Waals surface area (Å²) in [7, 11) is 0. The summed E-state index contributed by atoms with van der Waals surface area (Å²) in [5.41, 5.74) is 9.59. The number of aromatic amines is 1. The fourth-order valence-corrected chi connectivity index (χ4v) is 5.69. The third-order valence-corrected chi connectivity index (χ3v) is 7.84. The highest BCUT2D eigenvalue weighted by molar-refractivity contribution is 6.08. The van der Waals surface area contributed by atoms with Gasteiger partial charge in [-0.25, -0.2) is 15.0 Å². The molecule has 0 aliphatic heterocycles. The van der Waals surface area contributed by atoms with Crippen LogP contribution in [0, 0.1) is 0 Å². The molecule has 0 amide bonds. The summed E-state index contributed by atoms with van der Waals surface area (Å²) in [5.74, 6) is 1.94. The molecule has 0 bridgehead atoms. The topological polar surface area (TPSA) is 54.5 Å². The van der Waals surface area contributed by atoms with Crippen molar-refractivity contribution in [2.24, 2.45) is 0 Å². The largest absolute Gasteiger partial charge is 0.355 e. The van der Waals surface area contributed by atoms with E-state index in [0.29, 0.717) is 17.5 Å². The van der Waals surface area contributed by atoms with Crippen LogP contribution in [0.15, 0.2) is 152 Å². The van der Waals surface area contributed by atoms with Crippen LogP contribution in [-0.4, -0.2) is 19.9 Å². The Labute approximate surface area is 249 Å². The molecule has 0 saturated heterocycles. The zero-order chi connectivity index (χ0) is 28.6. The zero-order valence-electron chi connectivity index (χ0n) is 23.3. The Bertz CT molecular complexity index is 2160. The monoisotopic (exact) mass is 550 g/mol. The van der Waals surface area contributed by atoms with E-state index in [1.165, 1.54) is 10.8 Å². The molecular weight excluding hydrogens is 524 g/mol. The minimum absolute atomic E-state index is 0.639. The maximum absolute atomic E-state index is 5.02. The minimum atomic E-state index is 0.639. The molecule has 8 aromatic rings. The molecule has 0 atom stereocenters. The number of H-pyrrole nitrogens is 1. The summed E-state index contributed by atoms with van der Waals surface area (Å²) in [6.07, 6.45) is 0. The van der Waals surface area contributed by atoms with Crippen molar-refractivity contribution in [3.05, 3.63) is 152 Å². The van der Waals surface area contributed by atoms with Gasteiger partial charge in [0.25, 0.3) is 0 Å². The fourth-order valence-electron chi connectivity index (χ4n) is 5.69. The van der Waals surface area contributed by atoms with Gasteiger partial charge in [-0.2, -0.15) is 0 Å². The molecule has 2 heterocycles. The van der Waals surface area contributed by atoms with E-state index in [-0.39, 0.29) is 0 Å². The van der Waals surface area contributed by atoms with Crippen molar-refractivity contribution in [3.8, 4) is 56.4 Å². The highest BCUT2D eigenvalue weighted by Gasteiger charge is 2.15. The number of rotatable bonds is 5. The van der Waals surface area contributed by atoms with Crippen molar-refractivity contribution in [1.29, 1.82) is 0 Å². The van der Waals surface area contributed by atoms with Crippen LogP contribution in [-0.2, 0) is 0 Å². The number of nitrogens with zero attached hydrogens (tertiary/aromatic N) is 3. The van der Waals surface area contributed by atoms with Crippen LogP contribution >= 0.6 is 0 Å². The van der Waals surface area contributed by atoms with Gasteiger partial charge in [-0.15, -0.1) is 0 Å². The smallest absolute Gasteiger partial charge is 0.164 e. The number of benzene rings is 6. The van der Waals surface area contributed by atoms with Gasteiger partial charge in [0.05, 0.1) is 0 Å². The predicted octanol–water partition coefficient (Wildman–Crippen LogP) is 9.84. The maximum atomic E-state index is 5.02. The van der Waals surface area contributed by atoms with Crippen molar-refractivity contribution < 1.29 is 0 Å². The van der Waals surface area contributed by atoms with Crippen LogP contribution in [0.1, 0.15) is 0 Å². The Balaban J connectivity index is 1.35. The van der Waals surface area contributed by atoms with Gasteiger partial charge in [0, 0.05) is 38.5 Å². The van der Waals surface area contributed by atoms with Gasteiger partial charge in [0.1, 0.15) is 0 Å². The van der Waals surface area contributed by atoms with Crippen LogP contribution in [0.5, 0.6) is 0 Å².